The molecule has 0 atom stereocenters. The molecule has 10 nitrogen and oxygen atoms in total. The lowest BCUT2D eigenvalue weighted by atomic mass is 10.2. The molecule has 0 aliphatic heterocycles. The van der Waals surface area contributed by atoms with Crippen LogP contribution in [-0.2, 0) is 25.7 Å². The third-order valence-corrected chi connectivity index (χ3v) is 2.69. The second-order valence-electron chi connectivity index (χ2n) is 4.37. The van der Waals surface area contributed by atoms with Gasteiger partial charge in [-0.3, -0.25) is 9.89 Å². The summed E-state index contributed by atoms with van der Waals surface area (Å²) < 4.78 is 4.71. The standard InChI is InChI=1S/C14H16N6O4/c1-2-23-12(21)8-24-20-13(11-4-6-18-19-11)14(22)16-7-10-3-5-15-9-17-10/h3-6,9H,2,7-8H2,1H3,(H,16,22)(H,18,19). The highest BCUT2D eigenvalue weighted by Gasteiger charge is 2.17. The summed E-state index contributed by atoms with van der Waals surface area (Å²) in [5.41, 5.74) is 0.930. The van der Waals surface area contributed by atoms with E-state index < -0.39 is 18.5 Å². The Hall–Kier alpha value is -3.30. The SMILES string of the molecule is CCOC(=O)CON=C(C(=O)NCc1ccncn1)c1ccn[nH]1. The number of esters is 1. The van der Waals surface area contributed by atoms with Gasteiger partial charge in [0.1, 0.15) is 6.33 Å². The van der Waals surface area contributed by atoms with Crippen LogP contribution in [0, 0.1) is 0 Å². The second kappa shape index (κ2) is 8.98. The highest BCUT2D eigenvalue weighted by atomic mass is 16.7. The van der Waals surface area contributed by atoms with E-state index in [0.717, 1.165) is 0 Å². The van der Waals surface area contributed by atoms with Gasteiger partial charge < -0.3 is 14.9 Å². The first-order chi connectivity index (χ1) is 11.7. The van der Waals surface area contributed by atoms with Crippen molar-refractivity contribution in [1.82, 2.24) is 25.5 Å². The molecule has 10 heteroatoms. The third kappa shape index (κ3) is 5.16. The average Bonchev–Trinajstić information content (AvgIpc) is 3.12. The van der Waals surface area contributed by atoms with Crippen LogP contribution < -0.4 is 5.32 Å². The second-order valence-corrected chi connectivity index (χ2v) is 4.37. The van der Waals surface area contributed by atoms with Crippen LogP contribution in [0.25, 0.3) is 0 Å². The van der Waals surface area contributed by atoms with Gasteiger partial charge >= 0.3 is 5.97 Å². The molecule has 0 fully saturated rings. The Morgan fingerprint density at radius 3 is 2.88 bits per heavy atom. The largest absolute Gasteiger partial charge is 0.463 e. The summed E-state index contributed by atoms with van der Waals surface area (Å²) in [6.45, 7) is 1.70. The zero-order valence-corrected chi connectivity index (χ0v) is 12.9. The Balaban J connectivity index is 2.00. The van der Waals surface area contributed by atoms with Crippen molar-refractivity contribution in [3.8, 4) is 0 Å². The van der Waals surface area contributed by atoms with Crippen molar-refractivity contribution in [3.05, 3.63) is 42.2 Å². The minimum Gasteiger partial charge on any atom is -0.463 e. The summed E-state index contributed by atoms with van der Waals surface area (Å²) in [6.07, 6.45) is 4.42. The lowest BCUT2D eigenvalue weighted by Gasteiger charge is -2.06. The van der Waals surface area contributed by atoms with Gasteiger partial charge in [0, 0.05) is 12.4 Å². The normalized spacial score (nSPS) is 11.0. The lowest BCUT2D eigenvalue weighted by Crippen LogP contribution is -2.32. The fourth-order valence-corrected chi connectivity index (χ4v) is 1.63. The number of carbonyl (C=O) groups is 2. The smallest absolute Gasteiger partial charge is 0.347 e. The van der Waals surface area contributed by atoms with Crippen molar-refractivity contribution < 1.29 is 19.2 Å². The monoisotopic (exact) mass is 332 g/mol. The highest BCUT2D eigenvalue weighted by Crippen LogP contribution is 1.99. The molecule has 0 aliphatic carbocycles. The first kappa shape index (κ1) is 17.1. The van der Waals surface area contributed by atoms with Crippen molar-refractivity contribution in [3.63, 3.8) is 0 Å². The zero-order chi connectivity index (χ0) is 17.2. The summed E-state index contributed by atoms with van der Waals surface area (Å²) >= 11 is 0. The van der Waals surface area contributed by atoms with Crippen molar-refractivity contribution in [2.24, 2.45) is 5.16 Å². The van der Waals surface area contributed by atoms with Crippen molar-refractivity contribution in [1.29, 1.82) is 0 Å². The van der Waals surface area contributed by atoms with Crippen LogP contribution in [0.4, 0.5) is 0 Å². The van der Waals surface area contributed by atoms with E-state index in [-0.39, 0.29) is 18.9 Å². The molecule has 126 valence electrons. The van der Waals surface area contributed by atoms with Gasteiger partial charge in [-0.25, -0.2) is 14.8 Å². The molecular formula is C14H16N6O4. The Bertz CT molecular complexity index is 687. The topological polar surface area (TPSA) is 131 Å². The van der Waals surface area contributed by atoms with E-state index >= 15 is 0 Å². The van der Waals surface area contributed by atoms with E-state index in [2.05, 4.69) is 30.6 Å². The molecule has 0 saturated carbocycles. The number of rotatable bonds is 8. The number of amides is 1. The van der Waals surface area contributed by atoms with Gasteiger partial charge in [-0.05, 0) is 19.1 Å². The summed E-state index contributed by atoms with van der Waals surface area (Å²) in [5.74, 6) is -1.09. The third-order valence-electron chi connectivity index (χ3n) is 2.69. The van der Waals surface area contributed by atoms with Crippen molar-refractivity contribution in [2.75, 3.05) is 13.2 Å². The molecule has 2 N–H and O–H groups in total. The Labute approximate surface area is 137 Å². The van der Waals surface area contributed by atoms with Gasteiger partial charge in [0.15, 0.2) is 5.71 Å². The van der Waals surface area contributed by atoms with E-state index in [9.17, 15) is 9.59 Å². The van der Waals surface area contributed by atoms with Gasteiger partial charge in [-0.2, -0.15) is 5.10 Å². The number of aromatic amines is 1. The molecular weight excluding hydrogens is 316 g/mol. The van der Waals surface area contributed by atoms with Gasteiger partial charge in [-0.15, -0.1) is 0 Å². The van der Waals surface area contributed by atoms with Crippen molar-refractivity contribution in [2.45, 2.75) is 13.5 Å². The number of aromatic nitrogens is 4. The first-order valence-corrected chi connectivity index (χ1v) is 7.09. The molecule has 1 amide bonds. The number of carbonyl (C=O) groups excluding carboxylic acids is 2. The van der Waals surface area contributed by atoms with E-state index in [4.69, 9.17) is 9.57 Å². The number of nitrogens with zero attached hydrogens (tertiary/aromatic N) is 4. The maximum Gasteiger partial charge on any atom is 0.347 e. The predicted octanol–water partition coefficient (Wildman–Crippen LogP) is -0.200. The van der Waals surface area contributed by atoms with Crippen molar-refractivity contribution >= 4 is 17.6 Å². The molecule has 0 unspecified atom stereocenters. The van der Waals surface area contributed by atoms with Crippen LogP contribution in [0.15, 0.2) is 36.0 Å². The number of ether oxygens (including phenoxy) is 1. The number of oxime groups is 1. The van der Waals surface area contributed by atoms with Crippen LogP contribution in [0.5, 0.6) is 0 Å². The lowest BCUT2D eigenvalue weighted by molar-refractivity contribution is -0.148. The zero-order valence-electron chi connectivity index (χ0n) is 12.9. The minimum absolute atomic E-state index is 0.0501. The van der Waals surface area contributed by atoms with E-state index in [1.54, 1.807) is 25.3 Å². The van der Waals surface area contributed by atoms with Gasteiger partial charge in [0.25, 0.3) is 5.91 Å². The first-order valence-electron chi connectivity index (χ1n) is 7.09. The van der Waals surface area contributed by atoms with Gasteiger partial charge in [-0.1, -0.05) is 5.16 Å². The molecule has 2 aromatic heterocycles. The number of nitrogens with one attached hydrogen (secondary N) is 2. The summed E-state index contributed by atoms with van der Waals surface area (Å²) in [5, 5.41) is 12.7. The van der Waals surface area contributed by atoms with Crippen LogP contribution in [0.3, 0.4) is 0 Å². The highest BCUT2D eigenvalue weighted by molar-refractivity contribution is 6.44. The van der Waals surface area contributed by atoms with Crippen LogP contribution in [0.2, 0.25) is 0 Å². The summed E-state index contributed by atoms with van der Waals surface area (Å²) in [4.78, 5) is 36.2. The maximum absolute atomic E-state index is 12.3. The molecule has 0 aliphatic rings. The number of hydrogen-bond donors (Lipinski definition) is 2. The molecule has 2 heterocycles. The molecule has 0 aromatic carbocycles. The van der Waals surface area contributed by atoms with Crippen LogP contribution in [0.1, 0.15) is 18.3 Å². The fourth-order valence-electron chi connectivity index (χ4n) is 1.63. The Morgan fingerprint density at radius 1 is 1.33 bits per heavy atom. The molecule has 2 rings (SSSR count). The maximum atomic E-state index is 12.3. The minimum atomic E-state index is -0.577. The Kier molecular flexibility index (Phi) is 6.38. The molecule has 0 bridgehead atoms. The predicted molar refractivity (Wildman–Crippen MR) is 81.6 cm³/mol. The quantitative estimate of drug-likeness (QED) is 0.389. The number of hydrogen-bond acceptors (Lipinski definition) is 8. The average molecular weight is 332 g/mol. The van der Waals surface area contributed by atoms with Crippen LogP contribution in [-0.4, -0.2) is 51.0 Å². The van der Waals surface area contributed by atoms with E-state index in [1.807, 2.05) is 0 Å². The number of H-pyrrole nitrogens is 1. The molecule has 0 saturated heterocycles. The summed E-state index contributed by atoms with van der Waals surface area (Å²) in [7, 11) is 0. The molecule has 0 spiro atoms. The van der Waals surface area contributed by atoms with E-state index in [0.29, 0.717) is 11.4 Å². The Morgan fingerprint density at radius 2 is 2.21 bits per heavy atom. The van der Waals surface area contributed by atoms with Crippen LogP contribution >= 0.6 is 0 Å². The van der Waals surface area contributed by atoms with Gasteiger partial charge in [0.2, 0.25) is 6.61 Å². The molecule has 24 heavy (non-hydrogen) atoms. The molecule has 0 radical (unpaired) electrons. The van der Waals surface area contributed by atoms with Gasteiger partial charge in [0.05, 0.1) is 24.5 Å². The fraction of sp³-hybridized carbons (Fsp3) is 0.286. The molecule has 2 aromatic rings. The summed E-state index contributed by atoms with van der Waals surface area (Å²) in [6, 6.07) is 3.22. The van der Waals surface area contributed by atoms with E-state index in [1.165, 1.54) is 12.5 Å².